The van der Waals surface area contributed by atoms with E-state index in [0.29, 0.717) is 6.42 Å². The third-order valence-electron chi connectivity index (χ3n) is 5.57. The van der Waals surface area contributed by atoms with Crippen LogP contribution in [-0.2, 0) is 4.79 Å². The number of amides is 1. The van der Waals surface area contributed by atoms with Gasteiger partial charge in [0.05, 0.1) is 18.8 Å². The predicted octanol–water partition coefficient (Wildman–Crippen LogP) is 6.77. The van der Waals surface area contributed by atoms with Crippen LogP contribution in [0, 0.1) is 0 Å². The molecular weight excluding hydrogens is 398 g/mol. The summed E-state index contributed by atoms with van der Waals surface area (Å²) in [6, 6.07) is -0.636. The summed E-state index contributed by atoms with van der Waals surface area (Å²) in [7, 11) is 0. The van der Waals surface area contributed by atoms with E-state index in [1.54, 1.807) is 6.08 Å². The molecule has 0 heterocycles. The first kappa shape index (κ1) is 30.6. The second-order valence-corrected chi connectivity index (χ2v) is 8.74. The number of aliphatic hydroxyl groups is 2. The SMILES string of the molecule is CCCCCCCCCCC/C=C/CC/C=C/CC/C=C/C(O)C(CO)NC(=O)CCC. The number of hydrogen-bond acceptors (Lipinski definition) is 3. The predicted molar refractivity (Wildman–Crippen MR) is 138 cm³/mol. The van der Waals surface area contributed by atoms with Crippen LogP contribution in [0.2, 0.25) is 0 Å². The molecule has 2 unspecified atom stereocenters. The minimum absolute atomic E-state index is 0.135. The number of rotatable bonds is 22. The lowest BCUT2D eigenvalue weighted by atomic mass is 10.1. The Hall–Kier alpha value is -1.39. The monoisotopic (exact) mass is 449 g/mol. The van der Waals surface area contributed by atoms with Crippen LogP contribution in [0.4, 0.5) is 0 Å². The van der Waals surface area contributed by atoms with Crippen molar-refractivity contribution in [1.82, 2.24) is 5.32 Å². The summed E-state index contributed by atoms with van der Waals surface area (Å²) >= 11 is 0. The van der Waals surface area contributed by atoms with Gasteiger partial charge in [-0.3, -0.25) is 4.79 Å². The fourth-order valence-corrected chi connectivity index (χ4v) is 3.54. The van der Waals surface area contributed by atoms with Gasteiger partial charge in [-0.1, -0.05) is 102 Å². The number of hydrogen-bond donors (Lipinski definition) is 3. The molecule has 32 heavy (non-hydrogen) atoms. The number of aliphatic hydroxyl groups excluding tert-OH is 2. The van der Waals surface area contributed by atoms with Crippen LogP contribution in [0.15, 0.2) is 36.5 Å². The van der Waals surface area contributed by atoms with Gasteiger partial charge in [0.2, 0.25) is 5.91 Å². The maximum atomic E-state index is 11.6. The molecule has 0 aromatic heterocycles. The zero-order valence-electron chi connectivity index (χ0n) is 20.9. The first-order valence-corrected chi connectivity index (χ1v) is 13.2. The third-order valence-corrected chi connectivity index (χ3v) is 5.57. The normalized spacial score (nSPS) is 14.0. The van der Waals surface area contributed by atoms with E-state index < -0.39 is 12.1 Å². The standard InChI is InChI=1S/C28H51NO3/c1-3-5-6-7-8-9-10-11-12-13-14-15-16-17-18-19-20-21-22-24-27(31)26(25-30)29-28(32)23-4-2/h14-15,18-19,22,24,26-27,30-31H,3-13,16-17,20-21,23,25H2,1-2H3,(H,29,32)/b15-14+,19-18+,24-22+. The molecule has 1 amide bonds. The average molecular weight is 450 g/mol. The highest BCUT2D eigenvalue weighted by molar-refractivity contribution is 5.76. The van der Waals surface area contributed by atoms with Crippen LogP contribution in [0.1, 0.15) is 117 Å². The molecule has 4 heteroatoms. The van der Waals surface area contributed by atoms with Crippen molar-refractivity contribution in [3.8, 4) is 0 Å². The molecule has 0 fully saturated rings. The molecular formula is C28H51NO3. The van der Waals surface area contributed by atoms with E-state index in [2.05, 4.69) is 36.5 Å². The van der Waals surface area contributed by atoms with Crippen LogP contribution < -0.4 is 5.32 Å². The molecule has 0 aliphatic carbocycles. The molecule has 0 saturated carbocycles. The quantitative estimate of drug-likeness (QED) is 0.126. The fourth-order valence-electron chi connectivity index (χ4n) is 3.54. The summed E-state index contributed by atoms with van der Waals surface area (Å²) in [4.78, 5) is 11.6. The molecule has 4 nitrogen and oxygen atoms in total. The average Bonchev–Trinajstić information content (AvgIpc) is 2.79. The highest BCUT2D eigenvalue weighted by Crippen LogP contribution is 2.11. The van der Waals surface area contributed by atoms with E-state index in [4.69, 9.17) is 0 Å². The number of allylic oxidation sites excluding steroid dienone is 5. The molecule has 0 saturated heterocycles. The Kier molecular flexibility index (Phi) is 23.2. The summed E-state index contributed by atoms with van der Waals surface area (Å²) in [6.45, 7) is 3.92. The first-order valence-electron chi connectivity index (χ1n) is 13.2. The van der Waals surface area contributed by atoms with Crippen molar-refractivity contribution in [2.75, 3.05) is 6.61 Å². The highest BCUT2D eigenvalue weighted by Gasteiger charge is 2.17. The van der Waals surface area contributed by atoms with Crippen molar-refractivity contribution in [2.45, 2.75) is 129 Å². The van der Waals surface area contributed by atoms with E-state index >= 15 is 0 Å². The zero-order chi connectivity index (χ0) is 23.7. The second kappa shape index (κ2) is 24.3. The van der Waals surface area contributed by atoms with Gasteiger partial charge in [0, 0.05) is 6.42 Å². The zero-order valence-corrected chi connectivity index (χ0v) is 20.9. The Morgan fingerprint density at radius 1 is 0.719 bits per heavy atom. The van der Waals surface area contributed by atoms with E-state index in [0.717, 1.165) is 32.1 Å². The van der Waals surface area contributed by atoms with Crippen molar-refractivity contribution in [3.05, 3.63) is 36.5 Å². The van der Waals surface area contributed by atoms with Crippen molar-refractivity contribution in [2.24, 2.45) is 0 Å². The van der Waals surface area contributed by atoms with Crippen LogP contribution in [0.3, 0.4) is 0 Å². The summed E-state index contributed by atoms with van der Waals surface area (Å²) in [5, 5.41) is 22.1. The summed E-state index contributed by atoms with van der Waals surface area (Å²) in [5.41, 5.74) is 0. The maximum absolute atomic E-state index is 11.6. The number of nitrogens with one attached hydrogen (secondary N) is 1. The van der Waals surface area contributed by atoms with E-state index in [1.807, 2.05) is 13.0 Å². The van der Waals surface area contributed by atoms with Crippen LogP contribution in [0.25, 0.3) is 0 Å². The van der Waals surface area contributed by atoms with Gasteiger partial charge in [-0.25, -0.2) is 0 Å². The van der Waals surface area contributed by atoms with Gasteiger partial charge in [-0.05, 0) is 44.9 Å². The van der Waals surface area contributed by atoms with Crippen molar-refractivity contribution >= 4 is 5.91 Å². The van der Waals surface area contributed by atoms with Gasteiger partial charge in [-0.2, -0.15) is 0 Å². The molecule has 2 atom stereocenters. The van der Waals surface area contributed by atoms with Crippen LogP contribution >= 0.6 is 0 Å². The van der Waals surface area contributed by atoms with Gasteiger partial charge < -0.3 is 15.5 Å². The molecule has 0 aromatic carbocycles. The molecule has 0 bridgehead atoms. The minimum Gasteiger partial charge on any atom is -0.394 e. The Balaban J connectivity index is 3.62. The molecule has 0 radical (unpaired) electrons. The Morgan fingerprint density at radius 2 is 1.22 bits per heavy atom. The topological polar surface area (TPSA) is 69.6 Å². The smallest absolute Gasteiger partial charge is 0.220 e. The molecule has 0 spiro atoms. The van der Waals surface area contributed by atoms with Gasteiger partial charge in [0.25, 0.3) is 0 Å². The summed E-state index contributed by atoms with van der Waals surface area (Å²) < 4.78 is 0. The third kappa shape index (κ3) is 20.5. The Morgan fingerprint density at radius 3 is 1.75 bits per heavy atom. The Labute approximate surface area is 198 Å². The van der Waals surface area contributed by atoms with Crippen molar-refractivity contribution in [3.63, 3.8) is 0 Å². The van der Waals surface area contributed by atoms with Gasteiger partial charge in [0.1, 0.15) is 0 Å². The molecule has 0 aromatic rings. The first-order chi connectivity index (χ1) is 15.7. The van der Waals surface area contributed by atoms with E-state index in [1.165, 1.54) is 64.2 Å². The summed E-state index contributed by atoms with van der Waals surface area (Å²) in [5.74, 6) is -0.135. The molecule has 0 aliphatic heterocycles. The van der Waals surface area contributed by atoms with Gasteiger partial charge in [-0.15, -0.1) is 0 Å². The molecule has 3 N–H and O–H groups in total. The van der Waals surface area contributed by atoms with Crippen molar-refractivity contribution in [1.29, 1.82) is 0 Å². The number of unbranched alkanes of at least 4 members (excludes halogenated alkanes) is 11. The van der Waals surface area contributed by atoms with E-state index in [-0.39, 0.29) is 12.5 Å². The number of carbonyl (C=O) groups excluding carboxylic acids is 1. The Bertz CT molecular complexity index is 499. The molecule has 0 aliphatic rings. The number of carbonyl (C=O) groups is 1. The molecule has 186 valence electrons. The fraction of sp³-hybridized carbons (Fsp3) is 0.750. The van der Waals surface area contributed by atoms with Crippen molar-refractivity contribution < 1.29 is 15.0 Å². The minimum atomic E-state index is -0.860. The lowest BCUT2D eigenvalue weighted by molar-refractivity contribution is -0.122. The lowest BCUT2D eigenvalue weighted by Gasteiger charge is -2.19. The highest BCUT2D eigenvalue weighted by atomic mass is 16.3. The van der Waals surface area contributed by atoms with Gasteiger partial charge in [0.15, 0.2) is 0 Å². The second-order valence-electron chi connectivity index (χ2n) is 8.74. The largest absolute Gasteiger partial charge is 0.394 e. The lowest BCUT2D eigenvalue weighted by Crippen LogP contribution is -2.45. The van der Waals surface area contributed by atoms with Crippen LogP contribution in [-0.4, -0.2) is 34.9 Å². The van der Waals surface area contributed by atoms with E-state index in [9.17, 15) is 15.0 Å². The van der Waals surface area contributed by atoms with Crippen LogP contribution in [0.5, 0.6) is 0 Å². The maximum Gasteiger partial charge on any atom is 0.220 e. The summed E-state index contributed by atoms with van der Waals surface area (Å²) in [6.07, 6.45) is 30.5. The molecule has 0 rings (SSSR count). The van der Waals surface area contributed by atoms with Gasteiger partial charge >= 0.3 is 0 Å².